The van der Waals surface area contributed by atoms with Crippen LogP contribution in [0.3, 0.4) is 0 Å². The second-order valence-electron chi connectivity index (χ2n) is 5.84. The van der Waals surface area contributed by atoms with Gasteiger partial charge in [-0.05, 0) is 36.0 Å². The van der Waals surface area contributed by atoms with Crippen LogP contribution in [-0.4, -0.2) is 18.0 Å². The summed E-state index contributed by atoms with van der Waals surface area (Å²) >= 11 is 3.54. The molecule has 1 saturated carbocycles. The van der Waals surface area contributed by atoms with E-state index in [0.717, 1.165) is 6.54 Å². The molecule has 0 radical (unpaired) electrons. The first-order valence-corrected chi connectivity index (χ1v) is 7.52. The lowest BCUT2D eigenvalue weighted by Crippen LogP contribution is -2.56. The number of halogens is 1. The van der Waals surface area contributed by atoms with Crippen LogP contribution in [0.4, 0.5) is 0 Å². The van der Waals surface area contributed by atoms with Crippen LogP contribution in [0.2, 0.25) is 0 Å². The van der Waals surface area contributed by atoms with Crippen molar-refractivity contribution in [1.29, 1.82) is 0 Å². The van der Waals surface area contributed by atoms with Crippen LogP contribution in [0.25, 0.3) is 0 Å². The summed E-state index contributed by atoms with van der Waals surface area (Å²) in [6.45, 7) is 3.79. The van der Waals surface area contributed by atoms with Crippen molar-refractivity contribution >= 4 is 15.9 Å². The minimum absolute atomic E-state index is 0.713. The average molecular weight is 294 g/mol. The Kier molecular flexibility index (Phi) is 3.27. The van der Waals surface area contributed by atoms with Gasteiger partial charge in [0.2, 0.25) is 0 Å². The van der Waals surface area contributed by atoms with E-state index < -0.39 is 0 Å². The molecule has 1 spiro atoms. The van der Waals surface area contributed by atoms with E-state index >= 15 is 0 Å². The lowest BCUT2D eigenvalue weighted by atomic mass is 9.68. The lowest BCUT2D eigenvalue weighted by molar-refractivity contribution is -0.0332. The van der Waals surface area contributed by atoms with E-state index in [4.69, 9.17) is 0 Å². The first kappa shape index (κ1) is 11.7. The predicted molar refractivity (Wildman–Crippen MR) is 74.9 cm³/mol. The topological polar surface area (TPSA) is 3.24 Å². The standard InChI is InChI=1S/C15H20BrN/c16-14-6-4-5-13(9-14)10-17-11-15(12-17)7-2-1-3-8-15/h4-6,9H,1-3,7-8,10-12H2. The van der Waals surface area contributed by atoms with Gasteiger partial charge in [-0.3, -0.25) is 4.90 Å². The van der Waals surface area contributed by atoms with E-state index in [1.807, 2.05) is 0 Å². The molecule has 0 amide bonds. The van der Waals surface area contributed by atoms with Gasteiger partial charge in [0, 0.05) is 24.1 Å². The van der Waals surface area contributed by atoms with Gasteiger partial charge in [-0.15, -0.1) is 0 Å². The number of likely N-dealkylation sites (tertiary alicyclic amines) is 1. The molecule has 0 aromatic heterocycles. The number of benzene rings is 1. The fraction of sp³-hybridized carbons (Fsp3) is 0.600. The molecule has 1 nitrogen and oxygen atoms in total. The predicted octanol–water partition coefficient (Wildman–Crippen LogP) is 4.22. The second-order valence-corrected chi connectivity index (χ2v) is 6.75. The molecular weight excluding hydrogens is 274 g/mol. The van der Waals surface area contributed by atoms with Crippen molar-refractivity contribution < 1.29 is 0 Å². The first-order chi connectivity index (χ1) is 8.26. The molecule has 0 unspecified atom stereocenters. The van der Waals surface area contributed by atoms with E-state index in [-0.39, 0.29) is 0 Å². The van der Waals surface area contributed by atoms with Crippen molar-refractivity contribution in [1.82, 2.24) is 4.90 Å². The van der Waals surface area contributed by atoms with Crippen molar-refractivity contribution in [3.63, 3.8) is 0 Å². The van der Waals surface area contributed by atoms with E-state index in [1.54, 1.807) is 0 Å². The molecule has 2 fully saturated rings. The molecule has 2 heteroatoms. The highest BCUT2D eigenvalue weighted by molar-refractivity contribution is 9.10. The molecule has 1 aliphatic carbocycles. The molecule has 1 heterocycles. The van der Waals surface area contributed by atoms with Crippen molar-refractivity contribution in [2.24, 2.45) is 5.41 Å². The van der Waals surface area contributed by atoms with E-state index in [1.165, 1.54) is 55.2 Å². The Labute approximate surface area is 112 Å². The monoisotopic (exact) mass is 293 g/mol. The summed E-state index contributed by atoms with van der Waals surface area (Å²) in [5.74, 6) is 0. The van der Waals surface area contributed by atoms with Gasteiger partial charge >= 0.3 is 0 Å². The molecule has 17 heavy (non-hydrogen) atoms. The van der Waals surface area contributed by atoms with Crippen molar-refractivity contribution in [3.05, 3.63) is 34.3 Å². The van der Waals surface area contributed by atoms with Gasteiger partial charge in [-0.1, -0.05) is 47.3 Å². The first-order valence-electron chi connectivity index (χ1n) is 6.73. The van der Waals surface area contributed by atoms with Crippen LogP contribution in [-0.2, 0) is 6.54 Å². The zero-order chi connectivity index (χ0) is 11.7. The van der Waals surface area contributed by atoms with Crippen LogP contribution in [0.15, 0.2) is 28.7 Å². The molecule has 1 aromatic carbocycles. The fourth-order valence-electron chi connectivity index (χ4n) is 3.53. The molecule has 1 aromatic rings. The third-order valence-corrected chi connectivity index (χ3v) is 4.82. The zero-order valence-corrected chi connectivity index (χ0v) is 11.9. The maximum atomic E-state index is 3.54. The Morgan fingerprint density at radius 1 is 1.12 bits per heavy atom. The minimum atomic E-state index is 0.713. The largest absolute Gasteiger partial charge is 0.298 e. The number of rotatable bonds is 2. The lowest BCUT2D eigenvalue weighted by Gasteiger charge is -2.52. The van der Waals surface area contributed by atoms with Crippen LogP contribution < -0.4 is 0 Å². The van der Waals surface area contributed by atoms with Crippen LogP contribution in [0.1, 0.15) is 37.7 Å². The highest BCUT2D eigenvalue weighted by Gasteiger charge is 2.42. The third kappa shape index (κ3) is 2.58. The molecule has 0 atom stereocenters. The Morgan fingerprint density at radius 3 is 2.59 bits per heavy atom. The molecule has 1 aliphatic heterocycles. The van der Waals surface area contributed by atoms with Crippen LogP contribution in [0, 0.1) is 5.41 Å². The summed E-state index contributed by atoms with van der Waals surface area (Å²) in [5, 5.41) is 0. The maximum Gasteiger partial charge on any atom is 0.0234 e. The smallest absolute Gasteiger partial charge is 0.0234 e. The van der Waals surface area contributed by atoms with E-state index in [0.29, 0.717) is 5.41 Å². The van der Waals surface area contributed by atoms with E-state index in [9.17, 15) is 0 Å². The third-order valence-electron chi connectivity index (χ3n) is 4.33. The van der Waals surface area contributed by atoms with Gasteiger partial charge in [-0.2, -0.15) is 0 Å². The van der Waals surface area contributed by atoms with E-state index in [2.05, 4.69) is 45.1 Å². The summed E-state index contributed by atoms with van der Waals surface area (Å²) in [5.41, 5.74) is 2.15. The van der Waals surface area contributed by atoms with Gasteiger partial charge in [0.15, 0.2) is 0 Å². The Morgan fingerprint density at radius 2 is 1.88 bits per heavy atom. The molecule has 1 saturated heterocycles. The summed E-state index contributed by atoms with van der Waals surface area (Å²) in [4.78, 5) is 2.60. The number of hydrogen-bond acceptors (Lipinski definition) is 1. The quantitative estimate of drug-likeness (QED) is 0.789. The number of nitrogens with zero attached hydrogens (tertiary/aromatic N) is 1. The number of hydrogen-bond donors (Lipinski definition) is 0. The van der Waals surface area contributed by atoms with Crippen LogP contribution >= 0.6 is 15.9 Å². The maximum absolute atomic E-state index is 3.54. The van der Waals surface area contributed by atoms with Gasteiger partial charge in [0.25, 0.3) is 0 Å². The van der Waals surface area contributed by atoms with Crippen LogP contribution in [0.5, 0.6) is 0 Å². The molecular formula is C15H20BrN. The van der Waals surface area contributed by atoms with Gasteiger partial charge in [-0.25, -0.2) is 0 Å². The van der Waals surface area contributed by atoms with Gasteiger partial charge in [0.05, 0.1) is 0 Å². The highest BCUT2D eigenvalue weighted by Crippen LogP contribution is 2.44. The average Bonchev–Trinajstić information content (AvgIpc) is 2.28. The summed E-state index contributed by atoms with van der Waals surface area (Å²) in [7, 11) is 0. The van der Waals surface area contributed by atoms with Gasteiger partial charge < -0.3 is 0 Å². The zero-order valence-electron chi connectivity index (χ0n) is 10.3. The fourth-order valence-corrected chi connectivity index (χ4v) is 3.97. The van der Waals surface area contributed by atoms with Gasteiger partial charge in [0.1, 0.15) is 0 Å². The molecule has 0 N–H and O–H groups in total. The molecule has 3 rings (SSSR count). The minimum Gasteiger partial charge on any atom is -0.298 e. The normalized spacial score (nSPS) is 23.6. The molecule has 2 aliphatic rings. The Balaban J connectivity index is 1.55. The summed E-state index contributed by atoms with van der Waals surface area (Å²) in [6, 6.07) is 8.71. The Bertz CT molecular complexity index is 388. The van der Waals surface area contributed by atoms with Crippen molar-refractivity contribution in [3.8, 4) is 0 Å². The highest BCUT2D eigenvalue weighted by atomic mass is 79.9. The second kappa shape index (κ2) is 4.74. The molecule has 0 bridgehead atoms. The Hall–Kier alpha value is -0.340. The molecule has 92 valence electrons. The summed E-state index contributed by atoms with van der Waals surface area (Å²) in [6.07, 6.45) is 7.34. The van der Waals surface area contributed by atoms with Crippen molar-refractivity contribution in [2.45, 2.75) is 38.6 Å². The SMILES string of the molecule is Brc1cccc(CN2CC3(CCCCC3)C2)c1. The summed E-state index contributed by atoms with van der Waals surface area (Å²) < 4.78 is 1.20. The van der Waals surface area contributed by atoms with Crippen molar-refractivity contribution in [2.75, 3.05) is 13.1 Å².